The molecule has 1 saturated heterocycles. The van der Waals surface area contributed by atoms with Crippen LogP contribution in [0.25, 0.3) is 0 Å². The number of aliphatic hydroxyl groups is 2. The molecule has 1 aliphatic rings. The van der Waals surface area contributed by atoms with Crippen molar-refractivity contribution in [3.63, 3.8) is 0 Å². The predicted octanol–water partition coefficient (Wildman–Crippen LogP) is -2.25. The van der Waals surface area contributed by atoms with E-state index in [-0.39, 0.29) is 24.4 Å². The monoisotopic (exact) mass is 344 g/mol. The van der Waals surface area contributed by atoms with Gasteiger partial charge < -0.3 is 29.8 Å². The molecule has 0 bridgehead atoms. The Kier molecular flexibility index (Phi) is 6.91. The van der Waals surface area contributed by atoms with Gasteiger partial charge in [0.25, 0.3) is 6.23 Å². The summed E-state index contributed by atoms with van der Waals surface area (Å²) in [4.78, 5) is 28.2. The Morgan fingerprint density at radius 3 is 2.57 bits per heavy atom. The molecule has 0 aromatic carbocycles. The van der Waals surface area contributed by atoms with Crippen LogP contribution in [-0.2, 0) is 13.8 Å². The Balaban J connectivity index is 0.00000264. The fraction of sp³-hybridized carbons (Fsp3) is 0.455. The molecule has 10 nitrogen and oxygen atoms in total. The van der Waals surface area contributed by atoms with Crippen molar-refractivity contribution < 1.29 is 48.3 Å². The Morgan fingerprint density at radius 1 is 1.35 bits per heavy atom. The SMILES string of the molecule is O=C(O)c1ccc[n+]([C@@H]2O[C@H](COP(=O)(O)O)[C@@H](O)[C@H]2O)c1.[LiH]. The summed E-state index contributed by atoms with van der Waals surface area (Å²) in [7, 11) is -4.73. The molecule has 0 saturated carbocycles. The third-order valence-corrected chi connectivity index (χ3v) is 3.59. The van der Waals surface area contributed by atoms with E-state index in [0.29, 0.717) is 0 Å². The Hall–Kier alpha value is -0.793. The van der Waals surface area contributed by atoms with Gasteiger partial charge in [0.2, 0.25) is 0 Å². The zero-order valence-corrected chi connectivity index (χ0v) is 12.0. The van der Waals surface area contributed by atoms with E-state index >= 15 is 0 Å². The van der Waals surface area contributed by atoms with E-state index < -0.39 is 44.9 Å². The maximum absolute atomic E-state index is 10.9. The Morgan fingerprint density at radius 2 is 2.00 bits per heavy atom. The molecule has 0 amide bonds. The number of aromatic carboxylic acids is 1. The summed E-state index contributed by atoms with van der Waals surface area (Å²) < 4.78 is 21.4. The second-order valence-electron chi connectivity index (χ2n) is 4.68. The second kappa shape index (κ2) is 7.85. The summed E-state index contributed by atoms with van der Waals surface area (Å²) in [5, 5.41) is 28.7. The molecule has 1 aromatic heterocycles. The number of hydrogen-bond donors (Lipinski definition) is 5. The zero-order chi connectivity index (χ0) is 16.5. The van der Waals surface area contributed by atoms with Gasteiger partial charge in [0.05, 0.1) is 6.61 Å². The molecule has 1 aliphatic heterocycles. The van der Waals surface area contributed by atoms with Gasteiger partial charge in [-0.15, -0.1) is 0 Å². The molecule has 12 heteroatoms. The van der Waals surface area contributed by atoms with Gasteiger partial charge in [0.15, 0.2) is 18.5 Å². The van der Waals surface area contributed by atoms with Gasteiger partial charge in [-0.2, -0.15) is 4.57 Å². The third-order valence-electron chi connectivity index (χ3n) is 3.11. The first kappa shape index (κ1) is 20.3. The number of nitrogens with zero attached hydrogens (tertiary/aromatic N) is 1. The van der Waals surface area contributed by atoms with Crippen molar-refractivity contribution in [2.45, 2.75) is 24.5 Å². The van der Waals surface area contributed by atoms with Crippen LogP contribution in [0.1, 0.15) is 16.6 Å². The molecular weight excluding hydrogens is 328 g/mol. The standard InChI is InChI=1S/C11H14NO9P.Li.H/c13-8-7(5-20-22(17,18)19)21-10(9(8)14)12-3-1-2-6(4-12)11(15)16;;/h1-4,7-10,13-14H,5H2,(H2-,15,16,17,18,19);;/p+1/t7-,8-,9-,10-;;/m1../s1. The molecule has 0 unspecified atom stereocenters. The quantitative estimate of drug-likeness (QED) is 0.226. The first-order valence-corrected chi connectivity index (χ1v) is 7.68. The number of ether oxygens (including phenoxy) is 1. The number of phosphoric ester groups is 1. The van der Waals surface area contributed by atoms with Crippen molar-refractivity contribution in [1.82, 2.24) is 0 Å². The average Bonchev–Trinajstić information content (AvgIpc) is 2.72. The van der Waals surface area contributed by atoms with E-state index in [1.54, 1.807) is 0 Å². The summed E-state index contributed by atoms with van der Waals surface area (Å²) in [6, 6.07) is 2.76. The average molecular weight is 344 g/mol. The first-order valence-electron chi connectivity index (χ1n) is 6.15. The molecule has 23 heavy (non-hydrogen) atoms. The number of phosphoric acid groups is 1. The van der Waals surface area contributed by atoms with Crippen molar-refractivity contribution in [2.75, 3.05) is 6.61 Å². The number of aliphatic hydroxyl groups excluding tert-OH is 2. The molecule has 1 aromatic rings. The molecular formula is C11H16LiNO9P+. The van der Waals surface area contributed by atoms with Crippen molar-refractivity contribution in [2.24, 2.45) is 0 Å². The number of pyridine rings is 1. The third kappa shape index (κ3) is 5.09. The van der Waals surface area contributed by atoms with Crippen molar-refractivity contribution in [1.29, 1.82) is 0 Å². The normalized spacial score (nSPS) is 27.5. The molecule has 0 radical (unpaired) electrons. The van der Waals surface area contributed by atoms with Gasteiger partial charge in [0.1, 0.15) is 17.8 Å². The van der Waals surface area contributed by atoms with Crippen LogP contribution in [0.15, 0.2) is 24.5 Å². The van der Waals surface area contributed by atoms with Crippen molar-refractivity contribution >= 4 is 32.7 Å². The summed E-state index contributed by atoms with van der Waals surface area (Å²) in [5.41, 5.74) is -0.0530. The molecule has 0 spiro atoms. The van der Waals surface area contributed by atoms with Gasteiger partial charge in [-0.25, -0.2) is 9.36 Å². The van der Waals surface area contributed by atoms with E-state index in [0.717, 1.165) is 0 Å². The number of rotatable bonds is 5. The minimum absolute atomic E-state index is 0. The van der Waals surface area contributed by atoms with Gasteiger partial charge in [-0.3, -0.25) is 4.52 Å². The molecule has 124 valence electrons. The zero-order valence-electron chi connectivity index (χ0n) is 11.1. The van der Waals surface area contributed by atoms with E-state index in [1.165, 1.54) is 29.1 Å². The molecule has 4 atom stereocenters. The van der Waals surface area contributed by atoms with E-state index in [2.05, 4.69) is 4.52 Å². The summed E-state index contributed by atoms with van der Waals surface area (Å²) in [5.74, 6) is -1.18. The molecule has 5 N–H and O–H groups in total. The molecule has 2 rings (SSSR count). The van der Waals surface area contributed by atoms with Gasteiger partial charge in [-0.1, -0.05) is 0 Å². The number of hydrogen-bond acceptors (Lipinski definition) is 6. The van der Waals surface area contributed by atoms with Crippen LogP contribution in [0.3, 0.4) is 0 Å². The number of carboxylic acid groups (broad SMARTS) is 1. The van der Waals surface area contributed by atoms with Crippen LogP contribution in [0.2, 0.25) is 0 Å². The van der Waals surface area contributed by atoms with Gasteiger partial charge in [-0.05, 0) is 6.07 Å². The minimum atomic E-state index is -4.73. The Bertz CT molecular complexity index is 609. The molecule has 2 heterocycles. The number of carboxylic acids is 1. The maximum atomic E-state index is 10.9. The van der Waals surface area contributed by atoms with Gasteiger partial charge >= 0.3 is 32.7 Å². The number of carbonyl (C=O) groups is 1. The fourth-order valence-corrected chi connectivity index (χ4v) is 2.40. The van der Waals surface area contributed by atoms with Crippen molar-refractivity contribution in [3.8, 4) is 0 Å². The topological polar surface area (TPSA) is 158 Å². The summed E-state index contributed by atoms with van der Waals surface area (Å²) >= 11 is 0. The first-order chi connectivity index (χ1) is 10.2. The van der Waals surface area contributed by atoms with Crippen molar-refractivity contribution in [3.05, 3.63) is 30.1 Å². The van der Waals surface area contributed by atoms with Crippen LogP contribution in [0.4, 0.5) is 0 Å². The van der Waals surface area contributed by atoms with E-state index in [4.69, 9.17) is 19.6 Å². The van der Waals surface area contributed by atoms with Crippen LogP contribution < -0.4 is 4.57 Å². The summed E-state index contributed by atoms with van der Waals surface area (Å²) in [6.07, 6.45) is -2.51. The van der Waals surface area contributed by atoms with Crippen LogP contribution in [0.5, 0.6) is 0 Å². The van der Waals surface area contributed by atoms with E-state index in [9.17, 15) is 19.6 Å². The van der Waals surface area contributed by atoms with Crippen LogP contribution in [-0.4, -0.2) is 74.9 Å². The van der Waals surface area contributed by atoms with Crippen LogP contribution in [0, 0.1) is 0 Å². The Labute approximate surface area is 142 Å². The second-order valence-corrected chi connectivity index (χ2v) is 5.92. The van der Waals surface area contributed by atoms with Crippen LogP contribution >= 0.6 is 7.82 Å². The fourth-order valence-electron chi connectivity index (χ4n) is 2.06. The predicted molar refractivity (Wildman–Crippen MR) is 74.7 cm³/mol. The molecule has 0 aliphatic carbocycles. The molecule has 1 fully saturated rings. The van der Waals surface area contributed by atoms with E-state index in [1.807, 2.05) is 0 Å². The van der Waals surface area contributed by atoms with Gasteiger partial charge in [0, 0.05) is 6.07 Å². The number of aromatic nitrogens is 1. The summed E-state index contributed by atoms with van der Waals surface area (Å²) in [6.45, 7) is -0.627.